The van der Waals surface area contributed by atoms with Crippen molar-refractivity contribution in [3.05, 3.63) is 29.6 Å². The smallest absolute Gasteiger partial charge is 0.224 e. The van der Waals surface area contributed by atoms with Crippen molar-refractivity contribution in [2.45, 2.75) is 37.2 Å². The largest absolute Gasteiger partial charge is 0.349 e. The zero-order valence-electron chi connectivity index (χ0n) is 11.6. The summed E-state index contributed by atoms with van der Waals surface area (Å²) >= 11 is 1.70. The summed E-state index contributed by atoms with van der Waals surface area (Å²) in [6.45, 7) is 3.62. The molecular formula is C14H20ClFN2OS. The number of carbonyl (C=O) groups is 1. The summed E-state index contributed by atoms with van der Waals surface area (Å²) in [5.41, 5.74) is 6.61. The van der Waals surface area contributed by atoms with Crippen LogP contribution in [0.5, 0.6) is 0 Å². The van der Waals surface area contributed by atoms with E-state index >= 15 is 0 Å². The van der Waals surface area contributed by atoms with Crippen molar-refractivity contribution in [3.63, 3.8) is 0 Å². The zero-order chi connectivity index (χ0) is 14.0. The maximum absolute atomic E-state index is 13.4. The molecule has 3 atom stereocenters. The summed E-state index contributed by atoms with van der Waals surface area (Å²) in [6.07, 6.45) is 0.818. The predicted octanol–water partition coefficient (Wildman–Crippen LogP) is 2.88. The van der Waals surface area contributed by atoms with Crippen LogP contribution in [0.2, 0.25) is 0 Å². The highest BCUT2D eigenvalue weighted by Crippen LogP contribution is 2.36. The molecule has 1 aliphatic heterocycles. The van der Waals surface area contributed by atoms with Gasteiger partial charge in [0.05, 0.1) is 6.04 Å². The first-order valence-electron chi connectivity index (χ1n) is 6.47. The Labute approximate surface area is 129 Å². The summed E-state index contributed by atoms with van der Waals surface area (Å²) in [7, 11) is 0. The maximum atomic E-state index is 13.4. The van der Waals surface area contributed by atoms with Crippen molar-refractivity contribution < 1.29 is 9.18 Å². The van der Waals surface area contributed by atoms with E-state index in [0.29, 0.717) is 0 Å². The van der Waals surface area contributed by atoms with Gasteiger partial charge in [0.25, 0.3) is 0 Å². The second-order valence-corrected chi connectivity index (χ2v) is 6.17. The van der Waals surface area contributed by atoms with Crippen LogP contribution in [0.4, 0.5) is 4.39 Å². The monoisotopic (exact) mass is 318 g/mol. The SMILES string of the molecule is CC(N)C(C)C(=O)NC1CCSc2ccc(F)cc21.Cl. The Morgan fingerprint density at radius 1 is 1.50 bits per heavy atom. The van der Waals surface area contributed by atoms with Crippen molar-refractivity contribution in [1.82, 2.24) is 5.32 Å². The van der Waals surface area contributed by atoms with Crippen LogP contribution >= 0.6 is 24.2 Å². The number of carbonyl (C=O) groups excluding carboxylic acids is 1. The molecule has 3 nitrogen and oxygen atoms in total. The second-order valence-electron chi connectivity index (χ2n) is 5.03. The molecule has 0 bridgehead atoms. The Kier molecular flexibility index (Phi) is 6.30. The topological polar surface area (TPSA) is 55.1 Å². The number of hydrogen-bond acceptors (Lipinski definition) is 3. The van der Waals surface area contributed by atoms with Gasteiger partial charge >= 0.3 is 0 Å². The maximum Gasteiger partial charge on any atom is 0.224 e. The number of nitrogens with two attached hydrogens (primary N) is 1. The molecule has 0 fully saturated rings. The van der Waals surface area contributed by atoms with E-state index in [1.165, 1.54) is 12.1 Å². The molecule has 6 heteroatoms. The van der Waals surface area contributed by atoms with Crippen molar-refractivity contribution >= 4 is 30.1 Å². The summed E-state index contributed by atoms with van der Waals surface area (Å²) in [6, 6.07) is 4.46. The summed E-state index contributed by atoms with van der Waals surface area (Å²) in [5, 5.41) is 2.98. The molecule has 2 rings (SSSR count). The number of fused-ring (bicyclic) bond motifs is 1. The van der Waals surface area contributed by atoms with Crippen LogP contribution in [0.25, 0.3) is 0 Å². The Hall–Kier alpha value is -0.780. The fourth-order valence-corrected chi connectivity index (χ4v) is 3.16. The van der Waals surface area contributed by atoms with Gasteiger partial charge in [-0.25, -0.2) is 4.39 Å². The Morgan fingerprint density at radius 3 is 2.85 bits per heavy atom. The molecule has 3 N–H and O–H groups in total. The van der Waals surface area contributed by atoms with Crippen LogP contribution in [-0.2, 0) is 4.79 Å². The fourth-order valence-electron chi connectivity index (χ4n) is 2.06. The van der Waals surface area contributed by atoms with Crippen molar-refractivity contribution in [2.75, 3.05) is 5.75 Å². The Bertz CT molecular complexity index is 484. The van der Waals surface area contributed by atoms with Crippen molar-refractivity contribution in [3.8, 4) is 0 Å². The number of rotatable bonds is 3. The minimum Gasteiger partial charge on any atom is -0.349 e. The molecule has 0 saturated carbocycles. The minimum atomic E-state index is -0.263. The van der Waals surface area contributed by atoms with Gasteiger partial charge < -0.3 is 11.1 Å². The van der Waals surface area contributed by atoms with Gasteiger partial charge in [-0.2, -0.15) is 0 Å². The number of halogens is 2. The fraction of sp³-hybridized carbons (Fsp3) is 0.500. The second kappa shape index (κ2) is 7.29. The molecule has 0 saturated heterocycles. The number of thioether (sulfide) groups is 1. The van der Waals surface area contributed by atoms with Crippen molar-refractivity contribution in [2.24, 2.45) is 11.7 Å². The van der Waals surface area contributed by atoms with E-state index in [1.807, 2.05) is 13.8 Å². The highest BCUT2D eigenvalue weighted by molar-refractivity contribution is 7.99. The molecule has 0 radical (unpaired) electrons. The molecule has 0 aliphatic carbocycles. The predicted molar refractivity (Wildman–Crippen MR) is 82.7 cm³/mol. The van der Waals surface area contributed by atoms with Gasteiger partial charge in [0.1, 0.15) is 5.82 Å². The first-order valence-corrected chi connectivity index (χ1v) is 7.46. The average Bonchev–Trinajstić information content (AvgIpc) is 2.38. The lowest BCUT2D eigenvalue weighted by molar-refractivity contribution is -0.125. The van der Waals surface area contributed by atoms with Gasteiger partial charge in [0.2, 0.25) is 5.91 Å². The summed E-state index contributed by atoms with van der Waals surface area (Å²) < 4.78 is 13.4. The molecule has 20 heavy (non-hydrogen) atoms. The third kappa shape index (κ3) is 3.87. The molecule has 1 heterocycles. The first kappa shape index (κ1) is 17.3. The van der Waals surface area contributed by atoms with E-state index in [2.05, 4.69) is 5.32 Å². The van der Waals surface area contributed by atoms with E-state index < -0.39 is 0 Å². The lowest BCUT2D eigenvalue weighted by atomic mass is 10.00. The van der Waals surface area contributed by atoms with Crippen LogP contribution in [0, 0.1) is 11.7 Å². The summed E-state index contributed by atoms with van der Waals surface area (Å²) in [4.78, 5) is 13.1. The van der Waals surface area contributed by atoms with Gasteiger partial charge in [0.15, 0.2) is 0 Å². The molecule has 0 aromatic heterocycles. The molecule has 0 spiro atoms. The highest BCUT2D eigenvalue weighted by Gasteiger charge is 2.25. The lowest BCUT2D eigenvalue weighted by Gasteiger charge is -2.27. The van der Waals surface area contributed by atoms with Gasteiger partial charge in [-0.05, 0) is 37.1 Å². The summed E-state index contributed by atoms with van der Waals surface area (Å²) in [5.74, 6) is 0.352. The number of amides is 1. The van der Waals surface area contributed by atoms with Crippen LogP contribution in [0.3, 0.4) is 0 Å². The van der Waals surface area contributed by atoms with Crippen LogP contribution < -0.4 is 11.1 Å². The van der Waals surface area contributed by atoms with E-state index in [-0.39, 0.29) is 42.1 Å². The molecule has 3 unspecified atom stereocenters. The minimum absolute atomic E-state index is 0. The van der Waals surface area contributed by atoms with Crippen LogP contribution in [0.1, 0.15) is 31.9 Å². The zero-order valence-corrected chi connectivity index (χ0v) is 13.2. The molecule has 1 amide bonds. The van der Waals surface area contributed by atoms with Gasteiger partial charge in [0, 0.05) is 22.6 Å². The average molecular weight is 319 g/mol. The normalized spacial score (nSPS) is 20.3. The molecule has 112 valence electrons. The van der Waals surface area contributed by atoms with E-state index in [0.717, 1.165) is 22.6 Å². The third-order valence-electron chi connectivity index (χ3n) is 3.53. The standard InChI is InChI=1S/C14H19FN2OS.ClH/c1-8(9(2)16)14(18)17-12-5-6-19-13-4-3-10(15)7-11(12)13;/h3-4,7-9,12H,5-6,16H2,1-2H3,(H,17,18);1H. The number of nitrogens with one attached hydrogen (secondary N) is 1. The lowest BCUT2D eigenvalue weighted by Crippen LogP contribution is -2.40. The van der Waals surface area contributed by atoms with Crippen LogP contribution in [0.15, 0.2) is 23.1 Å². The molecule has 1 aromatic rings. The van der Waals surface area contributed by atoms with Gasteiger partial charge in [-0.1, -0.05) is 6.92 Å². The van der Waals surface area contributed by atoms with E-state index in [4.69, 9.17) is 5.73 Å². The molecule has 1 aromatic carbocycles. The highest BCUT2D eigenvalue weighted by atomic mass is 35.5. The van der Waals surface area contributed by atoms with Crippen molar-refractivity contribution in [1.29, 1.82) is 0 Å². The van der Waals surface area contributed by atoms with E-state index in [1.54, 1.807) is 17.8 Å². The van der Waals surface area contributed by atoms with Gasteiger partial charge in [-0.3, -0.25) is 4.79 Å². The first-order chi connectivity index (χ1) is 8.99. The Balaban J connectivity index is 0.00000200. The molecular weight excluding hydrogens is 299 g/mol. The van der Waals surface area contributed by atoms with Gasteiger partial charge in [-0.15, -0.1) is 24.2 Å². The number of benzene rings is 1. The van der Waals surface area contributed by atoms with Crippen LogP contribution in [-0.4, -0.2) is 17.7 Å². The van der Waals surface area contributed by atoms with E-state index in [9.17, 15) is 9.18 Å². The quantitative estimate of drug-likeness (QED) is 0.901. The number of hydrogen-bond donors (Lipinski definition) is 2. The third-order valence-corrected chi connectivity index (χ3v) is 4.65. The Morgan fingerprint density at radius 2 is 2.20 bits per heavy atom. The molecule has 1 aliphatic rings.